The molecule has 36 heavy (non-hydrogen) atoms. The SMILES string of the molecule is C#CCn1cc(Cn2oc(=O)[nH]c2=O)c2cc(OCc3cc(C(F)(F)F)cc(C(F)(F)F)c3)ccc21. The van der Waals surface area contributed by atoms with Crippen LogP contribution in [0.4, 0.5) is 26.3 Å². The van der Waals surface area contributed by atoms with E-state index in [4.69, 9.17) is 15.7 Å². The molecular formula is C23H15F6N3O4. The van der Waals surface area contributed by atoms with E-state index in [1.807, 2.05) is 4.98 Å². The van der Waals surface area contributed by atoms with Crippen molar-refractivity contribution < 1.29 is 35.6 Å². The fourth-order valence-corrected chi connectivity index (χ4v) is 3.64. The molecule has 0 fully saturated rings. The Morgan fingerprint density at radius 3 is 2.22 bits per heavy atom. The number of aromatic nitrogens is 3. The molecule has 13 heteroatoms. The zero-order valence-electron chi connectivity index (χ0n) is 18.0. The van der Waals surface area contributed by atoms with E-state index in [9.17, 15) is 35.9 Å². The lowest BCUT2D eigenvalue weighted by Crippen LogP contribution is -2.17. The van der Waals surface area contributed by atoms with Crippen molar-refractivity contribution in [2.45, 2.75) is 32.0 Å². The molecule has 0 atom stereocenters. The van der Waals surface area contributed by atoms with Crippen molar-refractivity contribution in [3.05, 3.63) is 85.9 Å². The maximum Gasteiger partial charge on any atom is 0.440 e. The topological polar surface area (TPSA) is 82.2 Å². The van der Waals surface area contributed by atoms with Crippen LogP contribution in [0.1, 0.15) is 22.3 Å². The molecule has 2 heterocycles. The molecule has 188 valence electrons. The number of terminal acetylenes is 1. The number of nitrogens with one attached hydrogen (secondary N) is 1. The van der Waals surface area contributed by atoms with Gasteiger partial charge in [0.1, 0.15) is 12.4 Å². The first-order valence-electron chi connectivity index (χ1n) is 10.1. The summed E-state index contributed by atoms with van der Waals surface area (Å²) in [7, 11) is 0. The van der Waals surface area contributed by atoms with Crippen LogP contribution in [-0.4, -0.2) is 14.3 Å². The number of H-pyrrole nitrogens is 1. The molecule has 0 bridgehead atoms. The first-order valence-corrected chi connectivity index (χ1v) is 10.1. The van der Waals surface area contributed by atoms with Crippen LogP contribution >= 0.6 is 0 Å². The van der Waals surface area contributed by atoms with Crippen LogP contribution in [0.2, 0.25) is 0 Å². The highest BCUT2D eigenvalue weighted by molar-refractivity contribution is 5.85. The van der Waals surface area contributed by atoms with Crippen molar-refractivity contribution in [2.75, 3.05) is 0 Å². The van der Waals surface area contributed by atoms with Gasteiger partial charge in [-0.05, 0) is 42.0 Å². The van der Waals surface area contributed by atoms with Crippen molar-refractivity contribution in [3.63, 3.8) is 0 Å². The normalized spacial score (nSPS) is 12.1. The number of benzene rings is 2. The van der Waals surface area contributed by atoms with Gasteiger partial charge in [0.05, 0.1) is 24.2 Å². The van der Waals surface area contributed by atoms with Crippen LogP contribution in [0.5, 0.6) is 5.75 Å². The predicted octanol–water partition coefficient (Wildman–Crippen LogP) is 4.38. The number of aromatic amines is 1. The lowest BCUT2D eigenvalue weighted by molar-refractivity contribution is -0.143. The summed E-state index contributed by atoms with van der Waals surface area (Å²) < 4.78 is 91.4. The predicted molar refractivity (Wildman–Crippen MR) is 114 cm³/mol. The smallest absolute Gasteiger partial charge is 0.440 e. The largest absolute Gasteiger partial charge is 0.489 e. The Labute approximate surface area is 197 Å². The standard InChI is InChI=1S/C23H15F6N3O4/c1-2-5-31-10-14(11-32-20(33)30-21(34)36-32)18-9-17(3-4-19(18)31)35-12-13-6-15(22(24,25)26)8-16(7-13)23(27,28)29/h1,3-4,6-10H,5,11-12H2,(H,30,33,34). The maximum atomic E-state index is 13.1. The van der Waals surface area contributed by atoms with E-state index in [0.29, 0.717) is 28.6 Å². The van der Waals surface area contributed by atoms with Gasteiger partial charge in [-0.3, -0.25) is 0 Å². The maximum absolute atomic E-state index is 13.1. The summed E-state index contributed by atoms with van der Waals surface area (Å²) in [5.74, 6) is 1.65. The quantitative estimate of drug-likeness (QED) is 0.308. The average Bonchev–Trinajstić information content (AvgIpc) is 3.29. The van der Waals surface area contributed by atoms with Gasteiger partial charge in [0, 0.05) is 22.7 Å². The zero-order chi connectivity index (χ0) is 26.3. The van der Waals surface area contributed by atoms with Crippen molar-refractivity contribution in [2.24, 2.45) is 0 Å². The summed E-state index contributed by atoms with van der Waals surface area (Å²) in [6.45, 7) is -0.574. The summed E-state index contributed by atoms with van der Waals surface area (Å²) in [6, 6.07) is 5.77. The highest BCUT2D eigenvalue weighted by Gasteiger charge is 2.36. The third-order valence-corrected chi connectivity index (χ3v) is 5.19. The number of hydrogen-bond acceptors (Lipinski definition) is 4. The van der Waals surface area contributed by atoms with Gasteiger partial charge >= 0.3 is 23.8 Å². The number of fused-ring (bicyclic) bond motifs is 1. The molecule has 0 radical (unpaired) electrons. The van der Waals surface area contributed by atoms with Crippen LogP contribution in [0.25, 0.3) is 10.9 Å². The van der Waals surface area contributed by atoms with Crippen molar-refractivity contribution in [3.8, 4) is 18.1 Å². The fraction of sp³-hybridized carbons (Fsp3) is 0.217. The Hall–Kier alpha value is -4.34. The summed E-state index contributed by atoms with van der Waals surface area (Å²) in [4.78, 5) is 25.1. The van der Waals surface area contributed by atoms with Crippen LogP contribution in [0.15, 0.2) is 56.7 Å². The molecule has 0 amide bonds. The van der Waals surface area contributed by atoms with Gasteiger partial charge in [0.25, 0.3) is 0 Å². The molecule has 0 aliphatic carbocycles. The molecule has 4 aromatic rings. The zero-order valence-corrected chi connectivity index (χ0v) is 18.0. The van der Waals surface area contributed by atoms with Gasteiger partial charge in [-0.2, -0.15) is 26.3 Å². The number of hydrogen-bond donors (Lipinski definition) is 1. The van der Waals surface area contributed by atoms with Crippen LogP contribution in [0, 0.1) is 12.3 Å². The van der Waals surface area contributed by atoms with Crippen molar-refractivity contribution in [1.82, 2.24) is 14.3 Å². The molecule has 7 nitrogen and oxygen atoms in total. The second-order valence-electron chi connectivity index (χ2n) is 7.71. The minimum Gasteiger partial charge on any atom is -0.489 e. The molecule has 0 saturated heterocycles. The van der Waals surface area contributed by atoms with Crippen molar-refractivity contribution in [1.29, 1.82) is 0 Å². The van der Waals surface area contributed by atoms with Gasteiger partial charge in [-0.1, -0.05) is 5.92 Å². The number of halogens is 6. The second-order valence-corrected chi connectivity index (χ2v) is 7.71. The number of alkyl halides is 6. The monoisotopic (exact) mass is 511 g/mol. The van der Waals surface area contributed by atoms with Crippen LogP contribution in [-0.2, 0) is 32.0 Å². The highest BCUT2D eigenvalue weighted by Crippen LogP contribution is 2.36. The van der Waals surface area contributed by atoms with E-state index in [1.165, 1.54) is 12.1 Å². The van der Waals surface area contributed by atoms with Crippen LogP contribution < -0.4 is 16.2 Å². The van der Waals surface area contributed by atoms with Gasteiger partial charge in [-0.25, -0.2) is 14.6 Å². The van der Waals surface area contributed by atoms with E-state index in [1.54, 1.807) is 16.8 Å². The first kappa shape index (κ1) is 24.8. The Kier molecular flexibility index (Phi) is 6.21. The van der Waals surface area contributed by atoms with Gasteiger partial charge in [-0.15, -0.1) is 11.2 Å². The van der Waals surface area contributed by atoms with Crippen molar-refractivity contribution >= 4 is 10.9 Å². The molecule has 2 aromatic carbocycles. The Morgan fingerprint density at radius 2 is 1.67 bits per heavy atom. The Bertz CT molecular complexity index is 1550. The van der Waals surface area contributed by atoms with Gasteiger partial charge in [0.2, 0.25) is 0 Å². The Balaban J connectivity index is 1.67. The second kappa shape index (κ2) is 9.03. The highest BCUT2D eigenvalue weighted by atomic mass is 19.4. The third-order valence-electron chi connectivity index (χ3n) is 5.19. The van der Waals surface area contributed by atoms with E-state index >= 15 is 0 Å². The molecular weight excluding hydrogens is 496 g/mol. The lowest BCUT2D eigenvalue weighted by atomic mass is 10.1. The first-order chi connectivity index (χ1) is 16.8. The summed E-state index contributed by atoms with van der Waals surface area (Å²) in [5.41, 5.74) is -2.90. The van der Waals surface area contributed by atoms with E-state index < -0.39 is 41.5 Å². The van der Waals surface area contributed by atoms with E-state index in [2.05, 4.69) is 5.92 Å². The fourth-order valence-electron chi connectivity index (χ4n) is 3.64. The molecule has 0 aliphatic heterocycles. The minimum atomic E-state index is -4.98. The summed E-state index contributed by atoms with van der Waals surface area (Å²) >= 11 is 0. The molecule has 0 saturated carbocycles. The molecule has 4 rings (SSSR count). The lowest BCUT2D eigenvalue weighted by Gasteiger charge is -2.15. The third kappa shape index (κ3) is 5.17. The molecule has 0 spiro atoms. The van der Waals surface area contributed by atoms with Gasteiger partial charge < -0.3 is 13.8 Å². The summed E-state index contributed by atoms with van der Waals surface area (Å²) in [6.07, 6.45) is -2.94. The molecule has 2 aromatic heterocycles. The molecule has 0 aliphatic rings. The minimum absolute atomic E-state index is 0.0390. The molecule has 1 N–H and O–H groups in total. The summed E-state index contributed by atoms with van der Waals surface area (Å²) in [5, 5.41) is 0.513. The molecule has 0 unspecified atom stereocenters. The number of nitrogens with zero attached hydrogens (tertiary/aromatic N) is 2. The Morgan fingerprint density at radius 1 is 1.00 bits per heavy atom. The number of rotatable bonds is 6. The van der Waals surface area contributed by atoms with E-state index in [0.717, 1.165) is 4.74 Å². The average molecular weight is 511 g/mol. The van der Waals surface area contributed by atoms with Gasteiger partial charge in [0.15, 0.2) is 0 Å². The number of ether oxygens (including phenoxy) is 1. The van der Waals surface area contributed by atoms with E-state index in [-0.39, 0.29) is 30.5 Å². The van der Waals surface area contributed by atoms with Crippen LogP contribution in [0.3, 0.4) is 0 Å².